The van der Waals surface area contributed by atoms with Gasteiger partial charge in [0.2, 0.25) is 11.8 Å². The summed E-state index contributed by atoms with van der Waals surface area (Å²) in [5.74, 6) is -1.17. The highest BCUT2D eigenvalue weighted by molar-refractivity contribution is 5.90. The maximum atomic E-state index is 12.6. The van der Waals surface area contributed by atoms with Gasteiger partial charge in [0.25, 0.3) is 0 Å². The average molecular weight is 324 g/mol. The van der Waals surface area contributed by atoms with Crippen molar-refractivity contribution in [3.63, 3.8) is 0 Å². The molecule has 0 aromatic rings. The summed E-state index contributed by atoms with van der Waals surface area (Å²) in [6.45, 7) is 0.600. The summed E-state index contributed by atoms with van der Waals surface area (Å²) in [5, 5.41) is 9.67. The molecule has 0 spiro atoms. The molecule has 1 aliphatic carbocycles. The molecule has 0 aromatic heterocycles. The van der Waals surface area contributed by atoms with Crippen LogP contribution in [0.3, 0.4) is 0 Å². The number of aliphatic carboxylic acids is 1. The third-order valence-corrected chi connectivity index (χ3v) is 5.34. The summed E-state index contributed by atoms with van der Waals surface area (Å²) in [7, 11) is 1.58. The second-order valence-electron chi connectivity index (χ2n) is 6.83. The maximum absolute atomic E-state index is 12.6. The van der Waals surface area contributed by atoms with Crippen LogP contribution < -0.4 is 0 Å². The van der Waals surface area contributed by atoms with Gasteiger partial charge >= 0.3 is 5.97 Å². The second-order valence-corrected chi connectivity index (χ2v) is 6.83. The molecule has 1 saturated heterocycles. The van der Waals surface area contributed by atoms with Crippen LogP contribution in [0.1, 0.15) is 64.2 Å². The molecule has 23 heavy (non-hydrogen) atoms. The van der Waals surface area contributed by atoms with E-state index >= 15 is 0 Å². The smallest absolute Gasteiger partial charge is 0.329 e. The summed E-state index contributed by atoms with van der Waals surface area (Å²) >= 11 is 0. The van der Waals surface area contributed by atoms with Crippen molar-refractivity contribution in [2.45, 2.75) is 69.7 Å². The molecule has 130 valence electrons. The van der Waals surface area contributed by atoms with Crippen molar-refractivity contribution in [1.82, 2.24) is 9.80 Å². The van der Waals surface area contributed by atoms with Gasteiger partial charge in [-0.25, -0.2) is 4.79 Å². The summed E-state index contributed by atoms with van der Waals surface area (Å²) < 4.78 is 0. The Kier molecular flexibility index (Phi) is 6.02. The standard InChI is InChI=1S/C17H28N2O4/c1-18(17(16(22)23)10-6-4-7-11-17)15(21)13-19-12-8-3-2-5-9-14(19)20/h2-13H2,1H3,(H,22,23). The van der Waals surface area contributed by atoms with Gasteiger partial charge in [-0.15, -0.1) is 0 Å². The van der Waals surface area contributed by atoms with Crippen LogP contribution in [0.15, 0.2) is 0 Å². The molecular weight excluding hydrogens is 296 g/mol. The number of carbonyl (C=O) groups is 3. The van der Waals surface area contributed by atoms with E-state index in [1.807, 2.05) is 0 Å². The number of hydrogen-bond acceptors (Lipinski definition) is 3. The molecule has 1 aliphatic heterocycles. The third-order valence-electron chi connectivity index (χ3n) is 5.34. The number of nitrogens with zero attached hydrogens (tertiary/aromatic N) is 2. The molecule has 0 bridgehead atoms. The van der Waals surface area contributed by atoms with Gasteiger partial charge in [-0.3, -0.25) is 9.59 Å². The highest BCUT2D eigenvalue weighted by Gasteiger charge is 2.45. The lowest BCUT2D eigenvalue weighted by molar-refractivity contribution is -0.161. The average Bonchev–Trinajstić information content (AvgIpc) is 2.54. The molecule has 0 aromatic carbocycles. The summed E-state index contributed by atoms with van der Waals surface area (Å²) in [6, 6.07) is 0. The normalized spacial score (nSPS) is 22.1. The molecule has 0 radical (unpaired) electrons. The van der Waals surface area contributed by atoms with Crippen LogP contribution >= 0.6 is 0 Å². The first-order valence-corrected chi connectivity index (χ1v) is 8.75. The van der Waals surface area contributed by atoms with E-state index in [-0.39, 0.29) is 18.4 Å². The van der Waals surface area contributed by atoms with Crippen LogP contribution in [0.25, 0.3) is 0 Å². The van der Waals surface area contributed by atoms with Gasteiger partial charge in [-0.2, -0.15) is 0 Å². The molecule has 0 unspecified atom stereocenters. The van der Waals surface area contributed by atoms with E-state index < -0.39 is 11.5 Å². The Labute approximate surface area is 137 Å². The number of carbonyl (C=O) groups excluding carboxylic acids is 2. The van der Waals surface area contributed by atoms with Crippen LogP contribution in [0, 0.1) is 0 Å². The minimum Gasteiger partial charge on any atom is -0.479 e. The lowest BCUT2D eigenvalue weighted by atomic mass is 9.80. The third kappa shape index (κ3) is 4.03. The molecule has 6 nitrogen and oxygen atoms in total. The van der Waals surface area contributed by atoms with Gasteiger partial charge in [0, 0.05) is 20.0 Å². The molecule has 6 heteroatoms. The van der Waals surface area contributed by atoms with Crippen molar-refractivity contribution in [2.24, 2.45) is 0 Å². The molecule has 2 rings (SSSR count). The first-order valence-electron chi connectivity index (χ1n) is 8.75. The van der Waals surface area contributed by atoms with E-state index in [4.69, 9.17) is 0 Å². The molecule has 1 heterocycles. The summed E-state index contributed by atoms with van der Waals surface area (Å²) in [4.78, 5) is 39.6. The predicted octanol–water partition coefficient (Wildman–Crippen LogP) is 2.02. The van der Waals surface area contributed by atoms with E-state index in [9.17, 15) is 19.5 Å². The fourth-order valence-corrected chi connectivity index (χ4v) is 3.72. The van der Waals surface area contributed by atoms with Crippen molar-refractivity contribution in [2.75, 3.05) is 20.1 Å². The lowest BCUT2D eigenvalue weighted by Gasteiger charge is -2.41. The fraction of sp³-hybridized carbons (Fsp3) is 0.824. The number of likely N-dealkylation sites (tertiary alicyclic amines) is 1. The first kappa shape index (κ1) is 17.8. The van der Waals surface area contributed by atoms with Crippen molar-refractivity contribution in [3.05, 3.63) is 0 Å². The second kappa shape index (κ2) is 7.79. The van der Waals surface area contributed by atoms with E-state index in [2.05, 4.69) is 0 Å². The monoisotopic (exact) mass is 324 g/mol. The van der Waals surface area contributed by atoms with Gasteiger partial charge in [0.15, 0.2) is 0 Å². The van der Waals surface area contributed by atoms with Crippen molar-refractivity contribution >= 4 is 17.8 Å². The van der Waals surface area contributed by atoms with Crippen LogP contribution in [0.2, 0.25) is 0 Å². The number of hydrogen-bond donors (Lipinski definition) is 1. The van der Waals surface area contributed by atoms with E-state index in [1.54, 1.807) is 11.9 Å². The SMILES string of the molecule is CN(C(=O)CN1CCCCCCC1=O)C1(C(=O)O)CCCCC1. The number of amides is 2. The number of likely N-dealkylation sites (N-methyl/N-ethyl adjacent to an activating group) is 1. The zero-order valence-electron chi connectivity index (χ0n) is 14.1. The Morgan fingerprint density at radius 1 is 1.09 bits per heavy atom. The Balaban J connectivity index is 2.05. The van der Waals surface area contributed by atoms with Crippen molar-refractivity contribution in [3.8, 4) is 0 Å². The Morgan fingerprint density at radius 2 is 1.70 bits per heavy atom. The lowest BCUT2D eigenvalue weighted by Crippen LogP contribution is -2.58. The van der Waals surface area contributed by atoms with Gasteiger partial charge in [-0.05, 0) is 25.7 Å². The van der Waals surface area contributed by atoms with E-state index in [1.165, 1.54) is 4.90 Å². The van der Waals surface area contributed by atoms with Crippen LogP contribution in [-0.2, 0) is 14.4 Å². The Morgan fingerprint density at radius 3 is 2.35 bits per heavy atom. The maximum Gasteiger partial charge on any atom is 0.329 e. The molecule has 2 aliphatic rings. The zero-order valence-corrected chi connectivity index (χ0v) is 14.1. The highest BCUT2D eigenvalue weighted by atomic mass is 16.4. The van der Waals surface area contributed by atoms with Crippen molar-refractivity contribution < 1.29 is 19.5 Å². The van der Waals surface area contributed by atoms with Crippen LogP contribution in [0.4, 0.5) is 0 Å². The number of rotatable bonds is 4. The molecule has 1 saturated carbocycles. The summed E-state index contributed by atoms with van der Waals surface area (Å²) in [6.07, 6.45) is 8.08. The largest absolute Gasteiger partial charge is 0.479 e. The first-order chi connectivity index (χ1) is 11.0. The number of carboxylic acids is 1. The highest BCUT2D eigenvalue weighted by Crippen LogP contribution is 2.33. The van der Waals surface area contributed by atoms with Gasteiger partial charge in [0.1, 0.15) is 5.54 Å². The molecule has 2 fully saturated rings. The quantitative estimate of drug-likeness (QED) is 0.858. The molecular formula is C17H28N2O4. The Bertz CT molecular complexity index is 458. The predicted molar refractivity (Wildman–Crippen MR) is 85.9 cm³/mol. The van der Waals surface area contributed by atoms with Gasteiger partial charge < -0.3 is 14.9 Å². The fourth-order valence-electron chi connectivity index (χ4n) is 3.72. The molecule has 0 atom stereocenters. The minimum atomic E-state index is -1.10. The van der Waals surface area contributed by atoms with Gasteiger partial charge in [0.05, 0.1) is 6.54 Å². The van der Waals surface area contributed by atoms with Crippen LogP contribution in [0.5, 0.6) is 0 Å². The zero-order chi connectivity index (χ0) is 16.9. The van der Waals surface area contributed by atoms with E-state index in [0.717, 1.165) is 44.9 Å². The summed E-state index contributed by atoms with van der Waals surface area (Å²) in [5.41, 5.74) is -1.10. The van der Waals surface area contributed by atoms with E-state index in [0.29, 0.717) is 25.8 Å². The van der Waals surface area contributed by atoms with Crippen LogP contribution in [-0.4, -0.2) is 58.4 Å². The molecule has 1 N–H and O–H groups in total. The Hall–Kier alpha value is -1.59. The molecule has 2 amide bonds. The van der Waals surface area contributed by atoms with Gasteiger partial charge in [-0.1, -0.05) is 32.1 Å². The van der Waals surface area contributed by atoms with Crippen molar-refractivity contribution in [1.29, 1.82) is 0 Å². The topological polar surface area (TPSA) is 77.9 Å². The number of carboxylic acid groups (broad SMARTS) is 1. The minimum absolute atomic E-state index is 0.00433.